The molecule has 0 atom stereocenters. The van der Waals surface area contributed by atoms with Gasteiger partial charge in [-0.05, 0) is 38.0 Å². The summed E-state index contributed by atoms with van der Waals surface area (Å²) in [6, 6.07) is 6.30. The average molecular weight is 244 g/mol. The second-order valence-electron chi connectivity index (χ2n) is 4.80. The molecule has 1 amide bonds. The van der Waals surface area contributed by atoms with Gasteiger partial charge >= 0.3 is 0 Å². The molecule has 18 heavy (non-hydrogen) atoms. The lowest BCUT2D eigenvalue weighted by molar-refractivity contribution is -0.120. The highest BCUT2D eigenvalue weighted by atomic mass is 16.1. The number of H-pyrrole nitrogens is 1. The summed E-state index contributed by atoms with van der Waals surface area (Å²) in [5.41, 5.74) is 4.53. The third kappa shape index (κ3) is 2.55. The van der Waals surface area contributed by atoms with Gasteiger partial charge in [-0.25, -0.2) is 0 Å². The van der Waals surface area contributed by atoms with E-state index in [4.69, 9.17) is 0 Å². The Morgan fingerprint density at radius 2 is 2.11 bits per heavy atom. The molecule has 0 aliphatic heterocycles. The summed E-state index contributed by atoms with van der Waals surface area (Å²) in [5, 5.41) is 4.09. The number of aromatic amines is 1. The number of aromatic nitrogens is 1. The first-order valence-electron chi connectivity index (χ1n) is 6.46. The predicted octanol–water partition coefficient (Wildman–Crippen LogP) is 2.85. The molecule has 0 aliphatic carbocycles. The topological polar surface area (TPSA) is 44.9 Å². The fraction of sp³-hybridized carbons (Fsp3) is 0.400. The van der Waals surface area contributed by atoms with E-state index in [1.165, 1.54) is 10.9 Å². The van der Waals surface area contributed by atoms with E-state index in [9.17, 15) is 4.79 Å². The van der Waals surface area contributed by atoms with Crippen molar-refractivity contribution >= 4 is 16.8 Å². The Balaban J connectivity index is 2.29. The quantitative estimate of drug-likeness (QED) is 0.853. The van der Waals surface area contributed by atoms with Gasteiger partial charge in [0.15, 0.2) is 0 Å². The number of carbonyl (C=O) groups is 1. The molecule has 1 aromatic heterocycles. The number of aryl methyl sites for hydroxylation is 2. The van der Waals surface area contributed by atoms with Gasteiger partial charge in [0.25, 0.3) is 0 Å². The van der Waals surface area contributed by atoms with Crippen molar-refractivity contribution in [2.75, 3.05) is 6.54 Å². The molecule has 0 unspecified atom stereocenters. The van der Waals surface area contributed by atoms with Crippen LogP contribution in [0.2, 0.25) is 0 Å². The van der Waals surface area contributed by atoms with Crippen LogP contribution < -0.4 is 5.32 Å². The van der Waals surface area contributed by atoms with E-state index in [1.54, 1.807) is 0 Å². The second-order valence-corrected chi connectivity index (χ2v) is 4.80. The number of nitrogens with one attached hydrogen (secondary N) is 2. The number of amides is 1. The Labute approximate surface area is 108 Å². The van der Waals surface area contributed by atoms with Gasteiger partial charge in [-0.1, -0.05) is 18.6 Å². The molecule has 0 bridgehead atoms. The largest absolute Gasteiger partial charge is 0.358 e. The van der Waals surface area contributed by atoms with Crippen LogP contribution in [0.25, 0.3) is 10.9 Å². The maximum atomic E-state index is 11.8. The van der Waals surface area contributed by atoms with Crippen LogP contribution in [0.5, 0.6) is 0 Å². The van der Waals surface area contributed by atoms with Crippen LogP contribution in [0.4, 0.5) is 0 Å². The monoisotopic (exact) mass is 244 g/mol. The van der Waals surface area contributed by atoms with E-state index in [2.05, 4.69) is 42.3 Å². The van der Waals surface area contributed by atoms with Gasteiger partial charge in [0, 0.05) is 23.1 Å². The third-order valence-corrected chi connectivity index (χ3v) is 3.18. The molecule has 0 saturated carbocycles. The maximum Gasteiger partial charge on any atom is 0.224 e. The van der Waals surface area contributed by atoms with Crippen LogP contribution in [0, 0.1) is 13.8 Å². The predicted molar refractivity (Wildman–Crippen MR) is 74.8 cm³/mol. The Hall–Kier alpha value is -1.77. The molecule has 0 radical (unpaired) electrons. The van der Waals surface area contributed by atoms with Crippen molar-refractivity contribution in [3.8, 4) is 0 Å². The standard InChI is InChI=1S/C15H20N2O/c1-4-7-16-15(18)9-12-11(3)17-14-6-5-10(2)8-13(12)14/h5-6,8,17H,4,7,9H2,1-3H3,(H,16,18). The minimum atomic E-state index is 0.0994. The number of carbonyl (C=O) groups excluding carboxylic acids is 1. The summed E-state index contributed by atoms with van der Waals surface area (Å²) >= 11 is 0. The van der Waals surface area contributed by atoms with Crippen molar-refractivity contribution in [2.24, 2.45) is 0 Å². The lowest BCUT2D eigenvalue weighted by Gasteiger charge is -2.04. The number of benzene rings is 1. The zero-order valence-electron chi connectivity index (χ0n) is 11.3. The van der Waals surface area contributed by atoms with Crippen molar-refractivity contribution in [2.45, 2.75) is 33.6 Å². The summed E-state index contributed by atoms with van der Waals surface area (Å²) in [5.74, 6) is 0.0994. The molecule has 2 N–H and O–H groups in total. The number of fused-ring (bicyclic) bond motifs is 1. The van der Waals surface area contributed by atoms with Gasteiger partial charge in [0.1, 0.15) is 0 Å². The first-order chi connectivity index (χ1) is 8.61. The number of hydrogen-bond donors (Lipinski definition) is 2. The highest BCUT2D eigenvalue weighted by Crippen LogP contribution is 2.23. The van der Waals surface area contributed by atoms with E-state index in [0.717, 1.165) is 29.7 Å². The Morgan fingerprint density at radius 1 is 1.33 bits per heavy atom. The molecule has 2 aromatic rings. The molecule has 1 aromatic carbocycles. The summed E-state index contributed by atoms with van der Waals surface area (Å²) in [6.45, 7) is 6.90. The average Bonchev–Trinajstić information content (AvgIpc) is 2.63. The van der Waals surface area contributed by atoms with E-state index < -0.39 is 0 Å². The Bertz CT molecular complexity index is 569. The van der Waals surface area contributed by atoms with Gasteiger partial charge < -0.3 is 10.3 Å². The first-order valence-corrected chi connectivity index (χ1v) is 6.46. The zero-order chi connectivity index (χ0) is 13.1. The van der Waals surface area contributed by atoms with Crippen LogP contribution >= 0.6 is 0 Å². The van der Waals surface area contributed by atoms with E-state index in [0.29, 0.717) is 6.42 Å². The van der Waals surface area contributed by atoms with Crippen LogP contribution in [0.3, 0.4) is 0 Å². The highest BCUT2D eigenvalue weighted by molar-refractivity contribution is 5.90. The zero-order valence-corrected chi connectivity index (χ0v) is 11.3. The Morgan fingerprint density at radius 3 is 2.83 bits per heavy atom. The van der Waals surface area contributed by atoms with E-state index in [1.807, 2.05) is 6.92 Å². The third-order valence-electron chi connectivity index (χ3n) is 3.18. The molecule has 3 heteroatoms. The van der Waals surface area contributed by atoms with Gasteiger partial charge in [-0.3, -0.25) is 4.79 Å². The molecule has 3 nitrogen and oxygen atoms in total. The molecule has 0 fully saturated rings. The summed E-state index contributed by atoms with van der Waals surface area (Å²) in [6.07, 6.45) is 1.42. The van der Waals surface area contributed by atoms with Crippen LogP contribution in [-0.2, 0) is 11.2 Å². The molecule has 0 saturated heterocycles. The smallest absolute Gasteiger partial charge is 0.224 e. The SMILES string of the molecule is CCCNC(=O)Cc1c(C)[nH]c2ccc(C)cc12. The molecule has 96 valence electrons. The fourth-order valence-corrected chi connectivity index (χ4v) is 2.21. The number of hydrogen-bond acceptors (Lipinski definition) is 1. The second kappa shape index (κ2) is 5.25. The van der Waals surface area contributed by atoms with Crippen LogP contribution in [0.1, 0.15) is 30.2 Å². The van der Waals surface area contributed by atoms with Crippen molar-refractivity contribution in [3.05, 3.63) is 35.0 Å². The van der Waals surface area contributed by atoms with Crippen LogP contribution in [-0.4, -0.2) is 17.4 Å². The molecular weight excluding hydrogens is 224 g/mol. The van der Waals surface area contributed by atoms with Gasteiger partial charge in [0.2, 0.25) is 5.91 Å². The minimum Gasteiger partial charge on any atom is -0.358 e. The van der Waals surface area contributed by atoms with Crippen LogP contribution in [0.15, 0.2) is 18.2 Å². The molecular formula is C15H20N2O. The molecule has 2 rings (SSSR count). The highest BCUT2D eigenvalue weighted by Gasteiger charge is 2.12. The van der Waals surface area contributed by atoms with Crippen molar-refractivity contribution in [1.29, 1.82) is 0 Å². The molecule has 0 spiro atoms. The van der Waals surface area contributed by atoms with Gasteiger partial charge in [0.05, 0.1) is 6.42 Å². The van der Waals surface area contributed by atoms with Crippen molar-refractivity contribution < 1.29 is 4.79 Å². The van der Waals surface area contributed by atoms with Gasteiger partial charge in [-0.2, -0.15) is 0 Å². The minimum absolute atomic E-state index is 0.0994. The van der Waals surface area contributed by atoms with Gasteiger partial charge in [-0.15, -0.1) is 0 Å². The van der Waals surface area contributed by atoms with Crippen molar-refractivity contribution in [3.63, 3.8) is 0 Å². The Kier molecular flexibility index (Phi) is 3.70. The molecule has 0 aliphatic rings. The fourth-order valence-electron chi connectivity index (χ4n) is 2.21. The maximum absolute atomic E-state index is 11.8. The normalized spacial score (nSPS) is 10.8. The first kappa shape index (κ1) is 12.7. The lowest BCUT2D eigenvalue weighted by atomic mass is 10.1. The number of rotatable bonds is 4. The van der Waals surface area contributed by atoms with E-state index in [-0.39, 0.29) is 5.91 Å². The molecule has 1 heterocycles. The summed E-state index contributed by atoms with van der Waals surface area (Å²) in [4.78, 5) is 15.2. The van der Waals surface area contributed by atoms with Crippen molar-refractivity contribution in [1.82, 2.24) is 10.3 Å². The van der Waals surface area contributed by atoms with E-state index >= 15 is 0 Å². The lowest BCUT2D eigenvalue weighted by Crippen LogP contribution is -2.25. The summed E-state index contributed by atoms with van der Waals surface area (Å²) in [7, 11) is 0. The summed E-state index contributed by atoms with van der Waals surface area (Å²) < 4.78 is 0.